The summed E-state index contributed by atoms with van der Waals surface area (Å²) in [6, 6.07) is 0.894. The lowest BCUT2D eigenvalue weighted by atomic mass is 9.55. The van der Waals surface area contributed by atoms with Crippen molar-refractivity contribution in [2.75, 3.05) is 14.1 Å². The Morgan fingerprint density at radius 2 is 1.84 bits per heavy atom. The summed E-state index contributed by atoms with van der Waals surface area (Å²) >= 11 is 0. The minimum absolute atomic E-state index is 0.00983. The number of amides is 1. The molecule has 3 aliphatic rings. The first kappa shape index (κ1) is 22.0. The van der Waals surface area contributed by atoms with Gasteiger partial charge in [-0.1, -0.05) is 6.92 Å². The zero-order chi connectivity index (χ0) is 23.9. The standard InChI is InChI=1S/C22H23FN2O7/c1-7-8-6-9-16(25(2)3)18(28)15(21(24)31)20(30)22(9,32)19(29)13(8)17(27)14-11(26)5-4-10(23)12(7)14/h4-5,7-9,16,26-27,30,32H,6H2,1-3H3,(H2,24,31)/t7?,8-,9+,16+,22+/m1/s1. The average molecular weight is 446 g/mol. The van der Waals surface area contributed by atoms with Crippen LogP contribution >= 0.6 is 0 Å². The Kier molecular flexibility index (Phi) is 4.72. The first-order valence-electron chi connectivity index (χ1n) is 10.0. The minimum atomic E-state index is -2.72. The van der Waals surface area contributed by atoms with Crippen LogP contribution in [0, 0.1) is 17.7 Å². The molecule has 5 atom stereocenters. The van der Waals surface area contributed by atoms with Crippen LogP contribution in [0.15, 0.2) is 29.0 Å². The van der Waals surface area contributed by atoms with Crippen molar-refractivity contribution in [3.8, 4) is 5.75 Å². The molecule has 6 N–H and O–H groups in total. The van der Waals surface area contributed by atoms with E-state index in [0.717, 1.165) is 12.1 Å². The van der Waals surface area contributed by atoms with E-state index in [1.807, 2.05) is 0 Å². The molecular formula is C22H23FN2O7. The van der Waals surface area contributed by atoms with E-state index in [0.29, 0.717) is 0 Å². The van der Waals surface area contributed by atoms with Crippen LogP contribution in [-0.2, 0) is 14.4 Å². The van der Waals surface area contributed by atoms with Crippen molar-refractivity contribution in [3.05, 3.63) is 46.0 Å². The monoisotopic (exact) mass is 446 g/mol. The van der Waals surface area contributed by atoms with Crippen LogP contribution < -0.4 is 5.73 Å². The third-order valence-corrected chi connectivity index (χ3v) is 7.02. The molecule has 1 fully saturated rings. The first-order chi connectivity index (χ1) is 14.8. The van der Waals surface area contributed by atoms with E-state index in [2.05, 4.69) is 0 Å². The molecule has 0 heterocycles. The molecule has 32 heavy (non-hydrogen) atoms. The van der Waals surface area contributed by atoms with E-state index >= 15 is 0 Å². The van der Waals surface area contributed by atoms with Crippen molar-refractivity contribution in [2.45, 2.75) is 30.9 Å². The third-order valence-electron chi connectivity index (χ3n) is 7.02. The number of likely N-dealkylation sites (N-methyl/N-ethyl adjacent to an activating group) is 1. The molecule has 1 unspecified atom stereocenters. The largest absolute Gasteiger partial charge is 0.508 e. The number of rotatable bonds is 2. The van der Waals surface area contributed by atoms with Crippen molar-refractivity contribution in [3.63, 3.8) is 0 Å². The Bertz CT molecular complexity index is 1160. The normalized spacial score (nSPS) is 32.1. The first-order valence-corrected chi connectivity index (χ1v) is 10.0. The van der Waals surface area contributed by atoms with Gasteiger partial charge in [-0.15, -0.1) is 0 Å². The number of halogens is 1. The quantitative estimate of drug-likeness (QED) is 0.414. The number of ketones is 2. The second-order valence-electron chi connectivity index (χ2n) is 8.81. The lowest BCUT2D eigenvalue weighted by Gasteiger charge is -2.51. The van der Waals surface area contributed by atoms with E-state index in [4.69, 9.17) is 5.73 Å². The molecule has 0 aromatic heterocycles. The van der Waals surface area contributed by atoms with Crippen LogP contribution in [0.1, 0.15) is 30.4 Å². The number of hydrogen-bond donors (Lipinski definition) is 5. The highest BCUT2D eigenvalue weighted by Gasteiger charge is 2.64. The fraction of sp³-hybridized carbons (Fsp3) is 0.409. The molecule has 170 valence electrons. The zero-order valence-electron chi connectivity index (χ0n) is 17.6. The van der Waals surface area contributed by atoms with Crippen molar-refractivity contribution in [2.24, 2.45) is 17.6 Å². The summed E-state index contributed by atoms with van der Waals surface area (Å²) < 4.78 is 14.7. The zero-order valence-corrected chi connectivity index (χ0v) is 17.6. The molecule has 1 amide bonds. The highest BCUT2D eigenvalue weighted by Crippen LogP contribution is 2.56. The summed E-state index contributed by atoms with van der Waals surface area (Å²) in [5, 5.41) is 43.3. The number of Topliss-reactive ketones (excluding diaryl/α,β-unsaturated/α-hetero) is 2. The summed E-state index contributed by atoms with van der Waals surface area (Å²) in [6.45, 7) is 1.61. The molecule has 0 saturated heterocycles. The number of nitrogens with two attached hydrogens (primary N) is 1. The van der Waals surface area contributed by atoms with E-state index < -0.39 is 75.5 Å². The maximum absolute atomic E-state index is 14.7. The lowest BCUT2D eigenvalue weighted by molar-refractivity contribution is -0.154. The smallest absolute Gasteiger partial charge is 0.255 e. The molecular weight excluding hydrogens is 423 g/mol. The Hall–Kier alpha value is -3.24. The third kappa shape index (κ3) is 2.53. The molecule has 4 rings (SSSR count). The highest BCUT2D eigenvalue weighted by molar-refractivity contribution is 6.24. The number of aliphatic hydroxyl groups excluding tert-OH is 2. The van der Waals surface area contributed by atoms with Gasteiger partial charge in [-0.3, -0.25) is 19.3 Å². The second kappa shape index (κ2) is 6.88. The predicted molar refractivity (Wildman–Crippen MR) is 109 cm³/mol. The summed E-state index contributed by atoms with van der Waals surface area (Å²) in [5.74, 6) is -9.04. The van der Waals surface area contributed by atoms with Crippen molar-refractivity contribution < 1.29 is 39.2 Å². The predicted octanol–water partition coefficient (Wildman–Crippen LogP) is 0.664. The number of aromatic hydroxyl groups is 1. The van der Waals surface area contributed by atoms with Crippen LogP contribution in [0.25, 0.3) is 5.76 Å². The maximum atomic E-state index is 14.7. The van der Waals surface area contributed by atoms with Crippen LogP contribution in [0.5, 0.6) is 5.75 Å². The van der Waals surface area contributed by atoms with Crippen LogP contribution in [0.4, 0.5) is 4.39 Å². The number of fused-ring (bicyclic) bond motifs is 3. The highest BCUT2D eigenvalue weighted by atomic mass is 19.1. The Balaban J connectivity index is 2.03. The van der Waals surface area contributed by atoms with Gasteiger partial charge in [0.05, 0.1) is 11.6 Å². The number of primary amides is 1. The molecule has 10 heteroatoms. The lowest BCUT2D eigenvalue weighted by Crippen LogP contribution is -2.66. The number of carbonyl (C=O) groups excluding carboxylic acids is 3. The van der Waals surface area contributed by atoms with Gasteiger partial charge in [0.1, 0.15) is 28.7 Å². The molecule has 0 spiro atoms. The van der Waals surface area contributed by atoms with Gasteiger partial charge in [-0.2, -0.15) is 0 Å². The number of nitrogens with zero attached hydrogens (tertiary/aromatic N) is 1. The van der Waals surface area contributed by atoms with Gasteiger partial charge in [-0.25, -0.2) is 4.39 Å². The van der Waals surface area contributed by atoms with Crippen molar-refractivity contribution >= 4 is 23.2 Å². The number of phenols is 1. The Labute approximate surface area is 182 Å². The van der Waals surface area contributed by atoms with Gasteiger partial charge in [-0.05, 0) is 44.5 Å². The number of carbonyl (C=O) groups is 3. The molecule has 3 aliphatic carbocycles. The van der Waals surface area contributed by atoms with Gasteiger partial charge in [0.25, 0.3) is 5.91 Å². The van der Waals surface area contributed by atoms with Gasteiger partial charge in [0.2, 0.25) is 5.78 Å². The molecule has 1 saturated carbocycles. The number of aliphatic hydroxyl groups is 3. The minimum Gasteiger partial charge on any atom is -0.508 e. The Morgan fingerprint density at radius 3 is 2.41 bits per heavy atom. The fourth-order valence-electron chi connectivity index (χ4n) is 5.56. The fourth-order valence-corrected chi connectivity index (χ4v) is 5.56. The Morgan fingerprint density at radius 1 is 1.22 bits per heavy atom. The topological polar surface area (TPSA) is 161 Å². The van der Waals surface area contributed by atoms with Gasteiger partial charge in [0, 0.05) is 17.1 Å². The maximum Gasteiger partial charge on any atom is 0.255 e. The molecule has 0 bridgehead atoms. The molecule has 9 nitrogen and oxygen atoms in total. The summed E-state index contributed by atoms with van der Waals surface area (Å²) in [7, 11) is 3.02. The van der Waals surface area contributed by atoms with Crippen LogP contribution in [-0.4, -0.2) is 68.5 Å². The molecule has 0 aliphatic heterocycles. The summed E-state index contributed by atoms with van der Waals surface area (Å²) in [4.78, 5) is 39.9. The number of benzene rings is 1. The van der Waals surface area contributed by atoms with Gasteiger partial charge < -0.3 is 26.2 Å². The molecule has 1 aromatic carbocycles. The van der Waals surface area contributed by atoms with Crippen molar-refractivity contribution in [1.82, 2.24) is 4.90 Å². The number of phenolic OH excluding ortho intramolecular Hbond substituents is 1. The average Bonchev–Trinajstić information content (AvgIpc) is 2.69. The second-order valence-corrected chi connectivity index (χ2v) is 8.81. The summed E-state index contributed by atoms with van der Waals surface area (Å²) in [5.41, 5.74) is 1.09. The van der Waals surface area contributed by atoms with E-state index in [-0.39, 0.29) is 23.1 Å². The van der Waals surface area contributed by atoms with Gasteiger partial charge in [0.15, 0.2) is 11.4 Å². The molecule has 0 radical (unpaired) electrons. The SMILES string of the molecule is CC1c2c(F)ccc(O)c2C(O)=C2C(=O)[C@]3(O)C(O)=C(C(N)=O)C(=O)[C@@H](N(C)C)[C@@H]3C[C@@H]21. The van der Waals surface area contributed by atoms with E-state index in [1.54, 1.807) is 6.92 Å². The van der Waals surface area contributed by atoms with E-state index in [1.165, 1.54) is 19.0 Å². The molecule has 1 aromatic rings. The summed E-state index contributed by atoms with van der Waals surface area (Å²) in [6.07, 6.45) is -0.0952. The number of hydrogen-bond acceptors (Lipinski definition) is 8. The van der Waals surface area contributed by atoms with E-state index in [9.17, 15) is 39.2 Å². The van der Waals surface area contributed by atoms with Crippen LogP contribution in [0.2, 0.25) is 0 Å². The van der Waals surface area contributed by atoms with Crippen LogP contribution in [0.3, 0.4) is 0 Å². The van der Waals surface area contributed by atoms with Crippen molar-refractivity contribution in [1.29, 1.82) is 0 Å². The van der Waals surface area contributed by atoms with Gasteiger partial charge >= 0.3 is 0 Å².